The lowest BCUT2D eigenvalue weighted by atomic mass is 10.1. The molecule has 0 bridgehead atoms. The maximum atomic E-state index is 13.5. The Labute approximate surface area is 189 Å². The van der Waals surface area contributed by atoms with Crippen molar-refractivity contribution in [1.29, 1.82) is 0 Å². The summed E-state index contributed by atoms with van der Waals surface area (Å²) >= 11 is 7.58. The van der Waals surface area contributed by atoms with Crippen LogP contribution in [0.1, 0.15) is 21.5 Å². The first kappa shape index (κ1) is 21.5. The molecule has 0 saturated heterocycles. The van der Waals surface area contributed by atoms with Gasteiger partial charge in [0.05, 0.1) is 21.7 Å². The number of halogens is 1. The van der Waals surface area contributed by atoms with E-state index in [0.717, 1.165) is 27.6 Å². The summed E-state index contributed by atoms with van der Waals surface area (Å²) in [5.74, 6) is -0.322. The van der Waals surface area contributed by atoms with Crippen LogP contribution >= 0.6 is 22.9 Å². The highest BCUT2D eigenvalue weighted by molar-refractivity contribution is 7.90. The van der Waals surface area contributed by atoms with Crippen LogP contribution in [-0.2, 0) is 16.4 Å². The zero-order chi connectivity index (χ0) is 22.2. The van der Waals surface area contributed by atoms with Crippen LogP contribution in [-0.4, -0.2) is 25.6 Å². The molecule has 0 aliphatic heterocycles. The van der Waals surface area contributed by atoms with Gasteiger partial charge in [-0.2, -0.15) is 0 Å². The van der Waals surface area contributed by atoms with E-state index in [1.807, 2.05) is 49.4 Å². The quantitative estimate of drug-likeness (QED) is 0.385. The van der Waals surface area contributed by atoms with Crippen LogP contribution in [0.2, 0.25) is 5.02 Å². The number of thiazole rings is 1. The Bertz CT molecular complexity index is 1380. The molecule has 0 radical (unpaired) electrons. The van der Waals surface area contributed by atoms with Crippen LogP contribution in [0.3, 0.4) is 0 Å². The first-order valence-electron chi connectivity index (χ1n) is 9.45. The first-order chi connectivity index (χ1) is 14.7. The van der Waals surface area contributed by atoms with Gasteiger partial charge in [-0.3, -0.25) is 9.69 Å². The van der Waals surface area contributed by atoms with E-state index < -0.39 is 9.84 Å². The molecule has 0 fully saturated rings. The van der Waals surface area contributed by atoms with Gasteiger partial charge < -0.3 is 0 Å². The fourth-order valence-corrected chi connectivity index (χ4v) is 5.35. The van der Waals surface area contributed by atoms with Crippen LogP contribution < -0.4 is 4.90 Å². The predicted octanol–water partition coefficient (Wildman–Crippen LogP) is 5.51. The maximum Gasteiger partial charge on any atom is 0.260 e. The molecule has 4 aromatic rings. The minimum atomic E-state index is -3.44. The molecular formula is C23H19ClN2O3S2. The number of fused-ring (bicyclic) bond motifs is 1. The highest BCUT2D eigenvalue weighted by Gasteiger charge is 2.23. The molecule has 1 heterocycles. The smallest absolute Gasteiger partial charge is 0.260 e. The van der Waals surface area contributed by atoms with E-state index >= 15 is 0 Å². The minimum absolute atomic E-state index is 0.102. The molecule has 3 aromatic carbocycles. The fourth-order valence-electron chi connectivity index (χ4n) is 3.27. The molecule has 8 heteroatoms. The van der Waals surface area contributed by atoms with Crippen molar-refractivity contribution in [2.75, 3.05) is 11.2 Å². The SMILES string of the molecule is Cc1cc(Cl)cc2sc(N(Cc3ccccc3)C(=O)c3cccc(S(C)(=O)=O)c3)nc12. The number of nitrogens with zero attached hydrogens (tertiary/aromatic N) is 2. The molecule has 1 aromatic heterocycles. The first-order valence-corrected chi connectivity index (χ1v) is 12.5. The van der Waals surface area contributed by atoms with Crippen molar-refractivity contribution in [1.82, 2.24) is 4.98 Å². The van der Waals surface area contributed by atoms with E-state index in [-0.39, 0.29) is 16.4 Å². The Balaban J connectivity index is 1.82. The number of benzene rings is 3. The summed E-state index contributed by atoms with van der Waals surface area (Å²) in [6.45, 7) is 2.23. The second-order valence-electron chi connectivity index (χ2n) is 7.24. The third-order valence-electron chi connectivity index (χ3n) is 4.81. The molecule has 31 heavy (non-hydrogen) atoms. The summed E-state index contributed by atoms with van der Waals surface area (Å²) in [5, 5.41) is 1.14. The molecule has 4 rings (SSSR count). The monoisotopic (exact) mass is 470 g/mol. The van der Waals surface area contributed by atoms with Crippen LogP contribution in [0.5, 0.6) is 0 Å². The molecule has 5 nitrogen and oxygen atoms in total. The standard InChI is InChI=1S/C23H19ClN2O3S2/c1-15-11-18(24)13-20-21(15)25-23(30-20)26(14-16-7-4-3-5-8-16)22(27)17-9-6-10-19(12-17)31(2,28)29/h3-13H,14H2,1-2H3. The number of aryl methyl sites for hydroxylation is 1. The number of carbonyl (C=O) groups excluding carboxylic acids is 1. The fraction of sp³-hybridized carbons (Fsp3) is 0.130. The normalized spacial score (nSPS) is 11.6. The van der Waals surface area contributed by atoms with Gasteiger partial charge in [-0.25, -0.2) is 13.4 Å². The molecule has 1 amide bonds. The second kappa shape index (κ2) is 8.42. The van der Waals surface area contributed by atoms with Gasteiger partial charge in [0.1, 0.15) is 0 Å². The zero-order valence-electron chi connectivity index (χ0n) is 16.9. The van der Waals surface area contributed by atoms with E-state index in [9.17, 15) is 13.2 Å². The Hall–Kier alpha value is -2.74. The largest absolute Gasteiger partial charge is 0.279 e. The number of hydrogen-bond donors (Lipinski definition) is 0. The van der Waals surface area contributed by atoms with Gasteiger partial charge in [-0.1, -0.05) is 59.3 Å². The van der Waals surface area contributed by atoms with E-state index in [2.05, 4.69) is 0 Å². The lowest BCUT2D eigenvalue weighted by molar-refractivity contribution is 0.0985. The van der Waals surface area contributed by atoms with Crippen molar-refractivity contribution in [3.8, 4) is 0 Å². The van der Waals surface area contributed by atoms with Crippen molar-refractivity contribution >= 4 is 54.0 Å². The average Bonchev–Trinajstić information content (AvgIpc) is 3.16. The van der Waals surface area contributed by atoms with Crippen LogP contribution in [0.4, 0.5) is 5.13 Å². The summed E-state index contributed by atoms with van der Waals surface area (Å²) in [6, 6.07) is 19.3. The third-order valence-corrected chi connectivity index (χ3v) is 7.16. The maximum absolute atomic E-state index is 13.5. The Morgan fingerprint density at radius 2 is 1.81 bits per heavy atom. The number of carbonyl (C=O) groups is 1. The van der Waals surface area contributed by atoms with Crippen LogP contribution in [0, 0.1) is 6.92 Å². The van der Waals surface area contributed by atoms with Crippen molar-refractivity contribution in [2.45, 2.75) is 18.4 Å². The highest BCUT2D eigenvalue weighted by Crippen LogP contribution is 2.34. The summed E-state index contributed by atoms with van der Waals surface area (Å²) in [4.78, 5) is 19.9. The van der Waals surface area contributed by atoms with Crippen molar-refractivity contribution < 1.29 is 13.2 Å². The number of sulfone groups is 1. The molecule has 0 atom stereocenters. The highest BCUT2D eigenvalue weighted by atomic mass is 35.5. The topological polar surface area (TPSA) is 67.3 Å². The van der Waals surface area contributed by atoms with Crippen molar-refractivity contribution in [3.05, 3.63) is 88.4 Å². The van der Waals surface area contributed by atoms with Gasteiger partial charge >= 0.3 is 0 Å². The van der Waals surface area contributed by atoms with Crippen LogP contribution in [0.25, 0.3) is 10.2 Å². The Morgan fingerprint density at radius 3 is 2.52 bits per heavy atom. The van der Waals surface area contributed by atoms with Crippen LogP contribution in [0.15, 0.2) is 71.6 Å². The lowest BCUT2D eigenvalue weighted by Crippen LogP contribution is -2.30. The molecule has 158 valence electrons. The molecule has 0 spiro atoms. The third kappa shape index (κ3) is 4.63. The zero-order valence-corrected chi connectivity index (χ0v) is 19.3. The summed E-state index contributed by atoms with van der Waals surface area (Å²) in [7, 11) is -3.44. The van der Waals surface area contributed by atoms with Gasteiger partial charge in [0.2, 0.25) is 0 Å². The number of amides is 1. The van der Waals surface area contributed by atoms with E-state index in [4.69, 9.17) is 16.6 Å². The van der Waals surface area contributed by atoms with E-state index in [0.29, 0.717) is 16.7 Å². The molecule has 0 aliphatic carbocycles. The molecule has 0 unspecified atom stereocenters. The summed E-state index contributed by atoms with van der Waals surface area (Å²) < 4.78 is 24.8. The van der Waals surface area contributed by atoms with Crippen molar-refractivity contribution in [2.24, 2.45) is 0 Å². The van der Waals surface area contributed by atoms with Gasteiger partial charge in [0.15, 0.2) is 15.0 Å². The lowest BCUT2D eigenvalue weighted by Gasteiger charge is -2.20. The predicted molar refractivity (Wildman–Crippen MR) is 126 cm³/mol. The van der Waals surface area contributed by atoms with Gasteiger partial charge in [-0.15, -0.1) is 0 Å². The van der Waals surface area contributed by atoms with Gasteiger partial charge in [0.25, 0.3) is 5.91 Å². The second-order valence-corrected chi connectivity index (χ2v) is 10.7. The van der Waals surface area contributed by atoms with Crippen molar-refractivity contribution in [3.63, 3.8) is 0 Å². The van der Waals surface area contributed by atoms with Gasteiger partial charge in [0, 0.05) is 16.8 Å². The number of rotatable bonds is 5. The Kier molecular flexibility index (Phi) is 5.83. The number of anilines is 1. The average molecular weight is 471 g/mol. The number of hydrogen-bond acceptors (Lipinski definition) is 5. The van der Waals surface area contributed by atoms with Gasteiger partial charge in [-0.05, 0) is 48.4 Å². The number of aromatic nitrogens is 1. The molecule has 0 saturated carbocycles. The Morgan fingerprint density at radius 1 is 1.06 bits per heavy atom. The van der Waals surface area contributed by atoms with E-state index in [1.54, 1.807) is 17.0 Å². The van der Waals surface area contributed by atoms with E-state index in [1.165, 1.54) is 23.5 Å². The summed E-state index contributed by atoms with van der Waals surface area (Å²) in [6.07, 6.45) is 1.12. The molecular weight excluding hydrogens is 452 g/mol. The summed E-state index contributed by atoms with van der Waals surface area (Å²) in [5.41, 5.74) is 2.94. The molecule has 0 aliphatic rings. The molecule has 0 N–H and O–H groups in total. The minimum Gasteiger partial charge on any atom is -0.279 e.